The molecule has 3 aromatic carbocycles. The monoisotopic (exact) mass is 574 g/mol. The van der Waals surface area contributed by atoms with Crippen molar-refractivity contribution >= 4 is 29.4 Å². The van der Waals surface area contributed by atoms with E-state index in [1.54, 1.807) is 23.9 Å². The number of rotatable bonds is 8. The molecule has 9 nitrogen and oxygen atoms in total. The molecule has 4 aromatic rings. The number of ether oxygens (including phenoxy) is 3. The maximum Gasteiger partial charge on any atom is 0.240 e. The fourth-order valence-electron chi connectivity index (χ4n) is 4.92. The summed E-state index contributed by atoms with van der Waals surface area (Å²) in [6.07, 6.45) is 0. The Morgan fingerprint density at radius 2 is 1.88 bits per heavy atom. The minimum atomic E-state index is -0.394. The van der Waals surface area contributed by atoms with Crippen LogP contribution in [0.2, 0.25) is 0 Å². The summed E-state index contributed by atoms with van der Waals surface area (Å²) in [6.45, 7) is 0.582. The van der Waals surface area contributed by atoms with Crippen LogP contribution in [0.4, 0.5) is 10.2 Å². The molecule has 2 aliphatic heterocycles. The number of hydrogen-bond acceptors (Lipinski definition) is 7. The van der Waals surface area contributed by atoms with Gasteiger partial charge in [-0.15, -0.1) is 11.8 Å². The molecule has 210 valence electrons. The molecule has 0 radical (unpaired) electrons. The maximum absolute atomic E-state index is 13.9. The Bertz CT molecular complexity index is 1580. The molecule has 1 aromatic heterocycles. The summed E-state index contributed by atoms with van der Waals surface area (Å²) in [5.74, 6) is 0.886. The van der Waals surface area contributed by atoms with E-state index in [4.69, 9.17) is 19.3 Å². The summed E-state index contributed by atoms with van der Waals surface area (Å²) >= 11 is 1.45. The number of amides is 2. The topological polar surface area (TPSA) is 94.9 Å². The van der Waals surface area contributed by atoms with Gasteiger partial charge in [0.15, 0.2) is 11.5 Å². The molecule has 41 heavy (non-hydrogen) atoms. The Hall–Kier alpha value is -4.35. The van der Waals surface area contributed by atoms with Crippen molar-refractivity contribution in [3.63, 3.8) is 0 Å². The number of nitrogens with zero attached hydrogens (tertiary/aromatic N) is 3. The van der Waals surface area contributed by atoms with E-state index < -0.39 is 5.82 Å². The number of thioether (sulfide) groups is 1. The number of aromatic nitrogens is 2. The van der Waals surface area contributed by atoms with Crippen molar-refractivity contribution in [1.29, 1.82) is 0 Å². The summed E-state index contributed by atoms with van der Waals surface area (Å²) < 4.78 is 31.8. The summed E-state index contributed by atoms with van der Waals surface area (Å²) in [7, 11) is 1.55. The number of nitrogens with one attached hydrogen (secondary N) is 1. The molecule has 11 heteroatoms. The summed E-state index contributed by atoms with van der Waals surface area (Å²) in [4.78, 5) is 28.2. The van der Waals surface area contributed by atoms with Gasteiger partial charge in [-0.2, -0.15) is 5.10 Å². The maximum atomic E-state index is 13.9. The van der Waals surface area contributed by atoms with Crippen LogP contribution in [0.1, 0.15) is 16.4 Å². The van der Waals surface area contributed by atoms with E-state index in [0.717, 1.165) is 16.7 Å². The number of halogens is 1. The van der Waals surface area contributed by atoms with Crippen molar-refractivity contribution in [2.75, 3.05) is 44.3 Å². The first-order chi connectivity index (χ1) is 20.0. The average molecular weight is 575 g/mol. The molecule has 6 rings (SSSR count). The molecule has 0 aliphatic carbocycles. The fourth-order valence-corrected chi connectivity index (χ4v) is 6.11. The van der Waals surface area contributed by atoms with Gasteiger partial charge in [-0.3, -0.25) is 14.5 Å². The molecule has 0 bridgehead atoms. The van der Waals surface area contributed by atoms with Crippen molar-refractivity contribution in [2.24, 2.45) is 0 Å². The van der Waals surface area contributed by atoms with Gasteiger partial charge in [0, 0.05) is 24.8 Å². The second kappa shape index (κ2) is 11.6. The van der Waals surface area contributed by atoms with E-state index in [-0.39, 0.29) is 36.2 Å². The number of anilines is 1. The van der Waals surface area contributed by atoms with E-state index >= 15 is 0 Å². The lowest BCUT2D eigenvalue weighted by molar-refractivity contribution is -0.123. The predicted molar refractivity (Wildman–Crippen MR) is 153 cm³/mol. The molecule has 0 spiro atoms. The van der Waals surface area contributed by atoms with E-state index in [2.05, 4.69) is 5.32 Å². The van der Waals surface area contributed by atoms with Crippen molar-refractivity contribution in [3.05, 3.63) is 89.7 Å². The van der Waals surface area contributed by atoms with Gasteiger partial charge >= 0.3 is 0 Å². The second-order valence-electron chi connectivity index (χ2n) is 9.47. The highest BCUT2D eigenvalue weighted by Crippen LogP contribution is 2.50. The summed E-state index contributed by atoms with van der Waals surface area (Å²) in [6, 6.07) is 21.3. The predicted octanol–water partition coefficient (Wildman–Crippen LogP) is 4.34. The van der Waals surface area contributed by atoms with Crippen LogP contribution in [0, 0.1) is 5.82 Å². The van der Waals surface area contributed by atoms with Crippen molar-refractivity contribution in [2.45, 2.75) is 5.25 Å². The van der Waals surface area contributed by atoms with Crippen LogP contribution in [0.15, 0.2) is 72.8 Å². The SMILES string of the molecule is COCCNC(=O)CN1C(=O)CSC(c2ccc3c(c2)OCO3)c2c(-c3ccccc3)nn(-c3ccc(F)cc3)c21. The quantitative estimate of drug-likeness (QED) is 0.313. The Balaban J connectivity index is 1.56. The molecular formula is C30H27FN4O5S. The first-order valence-electron chi connectivity index (χ1n) is 13.0. The molecule has 1 atom stereocenters. The number of methoxy groups -OCH3 is 1. The van der Waals surface area contributed by atoms with Crippen LogP contribution < -0.4 is 19.7 Å². The van der Waals surface area contributed by atoms with E-state index in [1.165, 1.54) is 28.8 Å². The van der Waals surface area contributed by atoms with Crippen LogP contribution in [0.25, 0.3) is 16.9 Å². The number of carbonyl (C=O) groups excluding carboxylic acids is 2. The standard InChI is InChI=1S/C30H27FN4O5S/c1-38-14-13-32-25(36)16-34-26(37)17-41-29(20-7-12-23-24(15-20)40-18-39-23)27-28(19-5-3-2-4-6-19)33-35(30(27)34)22-10-8-21(31)9-11-22/h2-12,15,29H,13-14,16-18H2,1H3,(H,32,36). The lowest BCUT2D eigenvalue weighted by Gasteiger charge is -2.23. The Morgan fingerprint density at radius 3 is 2.66 bits per heavy atom. The van der Waals surface area contributed by atoms with Gasteiger partial charge in [-0.25, -0.2) is 9.07 Å². The lowest BCUT2D eigenvalue weighted by atomic mass is 9.99. The second-order valence-corrected chi connectivity index (χ2v) is 10.6. The van der Waals surface area contributed by atoms with Crippen LogP contribution >= 0.6 is 11.8 Å². The first-order valence-corrected chi connectivity index (χ1v) is 14.1. The summed E-state index contributed by atoms with van der Waals surface area (Å²) in [5, 5.41) is 7.46. The molecule has 0 saturated carbocycles. The zero-order valence-electron chi connectivity index (χ0n) is 22.2. The van der Waals surface area contributed by atoms with Crippen LogP contribution in [0.5, 0.6) is 11.5 Å². The van der Waals surface area contributed by atoms with E-state index in [9.17, 15) is 14.0 Å². The van der Waals surface area contributed by atoms with Gasteiger partial charge in [0.25, 0.3) is 0 Å². The van der Waals surface area contributed by atoms with Crippen molar-refractivity contribution in [1.82, 2.24) is 15.1 Å². The van der Waals surface area contributed by atoms with Crippen molar-refractivity contribution in [3.8, 4) is 28.4 Å². The van der Waals surface area contributed by atoms with Gasteiger partial charge in [-0.1, -0.05) is 36.4 Å². The average Bonchev–Trinajstić information content (AvgIpc) is 3.59. The molecule has 0 saturated heterocycles. The number of carbonyl (C=O) groups is 2. The highest BCUT2D eigenvalue weighted by atomic mass is 32.2. The van der Waals surface area contributed by atoms with E-state index in [1.807, 2.05) is 48.5 Å². The lowest BCUT2D eigenvalue weighted by Crippen LogP contribution is -2.43. The molecule has 0 fully saturated rings. The van der Waals surface area contributed by atoms with Gasteiger partial charge < -0.3 is 19.5 Å². The van der Waals surface area contributed by atoms with Gasteiger partial charge in [0.05, 0.1) is 29.0 Å². The number of benzene rings is 3. The molecular weight excluding hydrogens is 547 g/mol. The molecule has 3 heterocycles. The summed E-state index contributed by atoms with van der Waals surface area (Å²) in [5.41, 5.74) is 3.71. The van der Waals surface area contributed by atoms with Crippen LogP contribution in [-0.2, 0) is 14.3 Å². The third-order valence-corrected chi connectivity index (χ3v) is 8.09. The fraction of sp³-hybridized carbons (Fsp3) is 0.233. The van der Waals surface area contributed by atoms with Crippen LogP contribution in [-0.4, -0.2) is 60.9 Å². The Labute approximate surface area is 240 Å². The largest absolute Gasteiger partial charge is 0.454 e. The smallest absolute Gasteiger partial charge is 0.240 e. The number of hydrogen-bond donors (Lipinski definition) is 1. The van der Waals surface area contributed by atoms with E-state index in [0.29, 0.717) is 41.8 Å². The molecule has 1 unspecified atom stereocenters. The highest BCUT2D eigenvalue weighted by Gasteiger charge is 2.38. The molecule has 1 N–H and O–H groups in total. The zero-order chi connectivity index (χ0) is 28.3. The third-order valence-electron chi connectivity index (χ3n) is 6.84. The zero-order valence-corrected chi connectivity index (χ0v) is 23.0. The Morgan fingerprint density at radius 1 is 1.10 bits per heavy atom. The normalized spacial score (nSPS) is 15.9. The first kappa shape index (κ1) is 26.9. The number of fused-ring (bicyclic) bond motifs is 2. The molecule has 2 aliphatic rings. The third kappa shape index (κ3) is 5.38. The van der Waals surface area contributed by atoms with Gasteiger partial charge in [-0.05, 0) is 42.0 Å². The Kier molecular flexibility index (Phi) is 7.62. The highest BCUT2D eigenvalue weighted by molar-refractivity contribution is 8.00. The van der Waals surface area contributed by atoms with Crippen molar-refractivity contribution < 1.29 is 28.2 Å². The van der Waals surface area contributed by atoms with Gasteiger partial charge in [0.2, 0.25) is 18.6 Å². The molecule has 2 amide bonds. The minimum Gasteiger partial charge on any atom is -0.454 e. The van der Waals surface area contributed by atoms with Crippen LogP contribution in [0.3, 0.4) is 0 Å². The minimum absolute atomic E-state index is 0.122. The van der Waals surface area contributed by atoms with Gasteiger partial charge in [0.1, 0.15) is 18.2 Å².